The predicted octanol–water partition coefficient (Wildman–Crippen LogP) is 0.952. The molecule has 0 fully saturated rings. The minimum Gasteiger partial charge on any atom is -0.390 e. The normalized spacial score (nSPS) is 14.5. The summed E-state index contributed by atoms with van der Waals surface area (Å²) in [6.45, 7) is 6.69. The average Bonchev–Trinajstić information content (AvgIpc) is 1.60. The van der Waals surface area contributed by atoms with E-state index in [2.05, 4.69) is 11.8 Å². The molecule has 66 valence electrons. The fraction of sp³-hybridized carbons (Fsp3) is 1.00. The first-order valence-electron chi connectivity index (χ1n) is 3.71. The molecule has 1 atom stereocenters. The zero-order valence-electron chi connectivity index (χ0n) is 8.18. The molecule has 0 aliphatic rings. The van der Waals surface area contributed by atoms with E-state index in [0.29, 0.717) is 5.92 Å². The minimum atomic E-state index is -0.551. The average molecular weight is 236 g/mol. The SMILES string of the molecule is CC(CN(C)C)C(C)(C)O.[Zr]. The number of nitrogens with zero attached hydrogens (tertiary/aromatic N) is 1. The Kier molecular flexibility index (Phi) is 7.10. The van der Waals surface area contributed by atoms with Crippen LogP contribution in [-0.2, 0) is 26.2 Å². The minimum absolute atomic E-state index is 0. The molecule has 0 aromatic rings. The van der Waals surface area contributed by atoms with Crippen LogP contribution in [0.25, 0.3) is 0 Å². The molecule has 0 saturated carbocycles. The van der Waals surface area contributed by atoms with Crippen LogP contribution in [0.15, 0.2) is 0 Å². The molecule has 0 amide bonds. The second-order valence-electron chi connectivity index (χ2n) is 3.82. The topological polar surface area (TPSA) is 23.5 Å². The number of rotatable bonds is 3. The van der Waals surface area contributed by atoms with E-state index in [9.17, 15) is 5.11 Å². The van der Waals surface area contributed by atoms with Gasteiger partial charge in [0.25, 0.3) is 0 Å². The van der Waals surface area contributed by atoms with Crippen LogP contribution in [0.4, 0.5) is 0 Å². The van der Waals surface area contributed by atoms with E-state index < -0.39 is 5.60 Å². The molecule has 0 spiro atoms. The summed E-state index contributed by atoms with van der Waals surface area (Å²) < 4.78 is 0. The maximum absolute atomic E-state index is 9.51. The Hall–Kier alpha value is 0.803. The molecule has 0 heterocycles. The number of hydrogen-bond donors (Lipinski definition) is 1. The Morgan fingerprint density at radius 1 is 1.36 bits per heavy atom. The van der Waals surface area contributed by atoms with E-state index in [1.165, 1.54) is 0 Å². The predicted molar refractivity (Wildman–Crippen MR) is 44.0 cm³/mol. The van der Waals surface area contributed by atoms with E-state index in [1.807, 2.05) is 27.9 Å². The maximum Gasteiger partial charge on any atom is 0.0629 e. The molecule has 0 saturated heterocycles. The van der Waals surface area contributed by atoms with Gasteiger partial charge in [-0.15, -0.1) is 0 Å². The molecule has 0 radical (unpaired) electrons. The summed E-state index contributed by atoms with van der Waals surface area (Å²) in [7, 11) is 4.03. The largest absolute Gasteiger partial charge is 0.390 e. The zero-order valence-corrected chi connectivity index (χ0v) is 10.6. The summed E-state index contributed by atoms with van der Waals surface area (Å²) in [4.78, 5) is 2.09. The first-order valence-corrected chi connectivity index (χ1v) is 3.71. The number of aliphatic hydroxyl groups is 1. The van der Waals surface area contributed by atoms with Crippen LogP contribution in [0.5, 0.6) is 0 Å². The fourth-order valence-corrected chi connectivity index (χ4v) is 0.771. The zero-order chi connectivity index (χ0) is 8.36. The van der Waals surface area contributed by atoms with Crippen molar-refractivity contribution in [2.24, 2.45) is 5.92 Å². The van der Waals surface area contributed by atoms with Gasteiger partial charge in [0, 0.05) is 32.7 Å². The maximum atomic E-state index is 9.51. The molecule has 0 aromatic heterocycles. The molecule has 0 rings (SSSR count). The van der Waals surface area contributed by atoms with Gasteiger partial charge < -0.3 is 10.0 Å². The van der Waals surface area contributed by atoms with E-state index in [0.717, 1.165) is 6.54 Å². The Morgan fingerprint density at radius 2 is 1.73 bits per heavy atom. The van der Waals surface area contributed by atoms with Gasteiger partial charge in [0.2, 0.25) is 0 Å². The van der Waals surface area contributed by atoms with Crippen molar-refractivity contribution in [3.63, 3.8) is 0 Å². The third kappa shape index (κ3) is 7.17. The van der Waals surface area contributed by atoms with Crippen molar-refractivity contribution in [3.05, 3.63) is 0 Å². The Bertz CT molecular complexity index is 98.8. The fourth-order valence-electron chi connectivity index (χ4n) is 0.771. The van der Waals surface area contributed by atoms with Crippen molar-refractivity contribution >= 4 is 0 Å². The molecular formula is C8H19NOZr. The summed E-state index contributed by atoms with van der Waals surface area (Å²) in [5.41, 5.74) is -0.551. The van der Waals surface area contributed by atoms with Crippen LogP contribution < -0.4 is 0 Å². The van der Waals surface area contributed by atoms with Gasteiger partial charge in [0.15, 0.2) is 0 Å². The Labute approximate surface area is 89.1 Å². The first kappa shape index (κ1) is 14.3. The van der Waals surface area contributed by atoms with Crippen molar-refractivity contribution in [1.29, 1.82) is 0 Å². The van der Waals surface area contributed by atoms with Crippen LogP contribution in [-0.4, -0.2) is 36.2 Å². The van der Waals surface area contributed by atoms with Crippen molar-refractivity contribution < 1.29 is 31.3 Å². The smallest absolute Gasteiger partial charge is 0.0629 e. The summed E-state index contributed by atoms with van der Waals surface area (Å²) in [6, 6.07) is 0. The van der Waals surface area contributed by atoms with Crippen LogP contribution in [0.3, 0.4) is 0 Å². The van der Waals surface area contributed by atoms with E-state index in [1.54, 1.807) is 0 Å². The summed E-state index contributed by atoms with van der Waals surface area (Å²) >= 11 is 0. The summed E-state index contributed by atoms with van der Waals surface area (Å²) in [5, 5.41) is 9.51. The standard InChI is InChI=1S/C8H19NO.Zr/c1-7(6-9(4)5)8(2,3)10;/h7,10H,6H2,1-5H3;. The van der Waals surface area contributed by atoms with Gasteiger partial charge >= 0.3 is 0 Å². The van der Waals surface area contributed by atoms with Gasteiger partial charge in [-0.2, -0.15) is 0 Å². The quantitative estimate of drug-likeness (QED) is 0.789. The molecule has 11 heavy (non-hydrogen) atoms. The molecule has 0 bridgehead atoms. The second-order valence-corrected chi connectivity index (χ2v) is 3.82. The third-order valence-corrected chi connectivity index (χ3v) is 1.84. The molecule has 0 aromatic carbocycles. The third-order valence-electron chi connectivity index (χ3n) is 1.84. The van der Waals surface area contributed by atoms with Gasteiger partial charge in [0.1, 0.15) is 0 Å². The van der Waals surface area contributed by atoms with Crippen LogP contribution in [0.1, 0.15) is 20.8 Å². The van der Waals surface area contributed by atoms with Crippen molar-refractivity contribution in [1.82, 2.24) is 4.90 Å². The first-order chi connectivity index (χ1) is 4.34. The van der Waals surface area contributed by atoms with Crippen LogP contribution >= 0.6 is 0 Å². The van der Waals surface area contributed by atoms with Gasteiger partial charge in [-0.25, -0.2) is 0 Å². The van der Waals surface area contributed by atoms with Gasteiger partial charge in [-0.05, 0) is 33.9 Å². The van der Waals surface area contributed by atoms with Gasteiger partial charge in [-0.1, -0.05) is 6.92 Å². The van der Waals surface area contributed by atoms with Gasteiger partial charge in [-0.3, -0.25) is 0 Å². The van der Waals surface area contributed by atoms with E-state index in [-0.39, 0.29) is 26.2 Å². The van der Waals surface area contributed by atoms with E-state index in [4.69, 9.17) is 0 Å². The summed E-state index contributed by atoms with van der Waals surface area (Å²) in [5.74, 6) is 0.322. The van der Waals surface area contributed by atoms with Gasteiger partial charge in [0.05, 0.1) is 5.60 Å². The second kappa shape index (κ2) is 5.45. The molecule has 2 nitrogen and oxygen atoms in total. The Morgan fingerprint density at radius 3 is 1.82 bits per heavy atom. The molecule has 3 heteroatoms. The van der Waals surface area contributed by atoms with E-state index >= 15 is 0 Å². The molecular weight excluding hydrogens is 217 g/mol. The van der Waals surface area contributed by atoms with Crippen LogP contribution in [0.2, 0.25) is 0 Å². The molecule has 0 aliphatic carbocycles. The Balaban J connectivity index is 0. The van der Waals surface area contributed by atoms with Crippen molar-refractivity contribution in [2.45, 2.75) is 26.4 Å². The summed E-state index contributed by atoms with van der Waals surface area (Å²) in [6.07, 6.45) is 0. The number of hydrogen-bond acceptors (Lipinski definition) is 2. The molecule has 1 N–H and O–H groups in total. The van der Waals surface area contributed by atoms with Crippen molar-refractivity contribution in [3.8, 4) is 0 Å². The van der Waals surface area contributed by atoms with Crippen molar-refractivity contribution in [2.75, 3.05) is 20.6 Å². The molecule has 0 aliphatic heterocycles. The van der Waals surface area contributed by atoms with Crippen LogP contribution in [0, 0.1) is 5.92 Å². The molecule has 1 unspecified atom stereocenters. The monoisotopic (exact) mass is 235 g/mol.